The molecule has 0 saturated heterocycles. The minimum atomic E-state index is -5.06. The molecule has 5 nitrogen and oxygen atoms in total. The minimum absolute atomic E-state index is 0.266. The van der Waals surface area contributed by atoms with Gasteiger partial charge in [0, 0.05) is 12.1 Å². The van der Waals surface area contributed by atoms with Crippen LogP contribution in [0.5, 0.6) is 11.5 Å². The van der Waals surface area contributed by atoms with E-state index in [2.05, 4.69) is 9.73 Å². The van der Waals surface area contributed by atoms with E-state index in [0.29, 0.717) is 30.0 Å². The molecule has 1 aliphatic rings. The fourth-order valence-corrected chi connectivity index (χ4v) is 2.57. The standard InChI is InChI=1S/C16H18F3NO4/c1-15(2,24-14(21)16(17,18)19)13-10-8-12(23-4)11(22-3)7-9(10)5-6-20-13/h7-8H,5-6H2,1-4H3. The van der Waals surface area contributed by atoms with E-state index in [4.69, 9.17) is 9.47 Å². The molecule has 2 rings (SSSR count). The summed E-state index contributed by atoms with van der Waals surface area (Å²) in [5, 5.41) is 0. The summed E-state index contributed by atoms with van der Waals surface area (Å²) in [4.78, 5) is 15.5. The normalized spacial score (nSPS) is 14.5. The third kappa shape index (κ3) is 3.47. The number of hydrogen-bond acceptors (Lipinski definition) is 5. The van der Waals surface area contributed by atoms with Crippen molar-refractivity contribution in [3.05, 3.63) is 23.3 Å². The summed E-state index contributed by atoms with van der Waals surface area (Å²) in [6.07, 6.45) is -4.46. The summed E-state index contributed by atoms with van der Waals surface area (Å²) < 4.78 is 52.7. The van der Waals surface area contributed by atoms with E-state index in [-0.39, 0.29) is 5.71 Å². The van der Waals surface area contributed by atoms with Gasteiger partial charge in [-0.2, -0.15) is 13.2 Å². The minimum Gasteiger partial charge on any atom is -0.493 e. The van der Waals surface area contributed by atoms with Gasteiger partial charge in [-0.3, -0.25) is 4.99 Å². The zero-order valence-corrected chi connectivity index (χ0v) is 13.8. The highest BCUT2D eigenvalue weighted by Crippen LogP contribution is 2.35. The predicted octanol–water partition coefficient (Wildman–Crippen LogP) is 2.93. The number of carbonyl (C=O) groups is 1. The molecule has 0 radical (unpaired) electrons. The van der Waals surface area contributed by atoms with Gasteiger partial charge in [0.25, 0.3) is 0 Å². The van der Waals surface area contributed by atoms with Crippen molar-refractivity contribution in [1.29, 1.82) is 0 Å². The Morgan fingerprint density at radius 3 is 2.25 bits per heavy atom. The van der Waals surface area contributed by atoms with E-state index in [1.54, 1.807) is 12.1 Å². The number of alkyl halides is 3. The molecule has 0 fully saturated rings. The van der Waals surface area contributed by atoms with E-state index in [1.807, 2.05) is 0 Å². The van der Waals surface area contributed by atoms with Gasteiger partial charge in [-0.25, -0.2) is 4.79 Å². The predicted molar refractivity (Wildman–Crippen MR) is 80.9 cm³/mol. The second-order valence-corrected chi connectivity index (χ2v) is 5.74. The van der Waals surface area contributed by atoms with Crippen molar-refractivity contribution >= 4 is 11.7 Å². The van der Waals surface area contributed by atoms with Crippen LogP contribution in [0.15, 0.2) is 17.1 Å². The van der Waals surface area contributed by atoms with E-state index in [9.17, 15) is 18.0 Å². The van der Waals surface area contributed by atoms with E-state index in [1.165, 1.54) is 28.1 Å². The molecule has 0 atom stereocenters. The van der Waals surface area contributed by atoms with Crippen molar-refractivity contribution in [3.63, 3.8) is 0 Å². The second-order valence-electron chi connectivity index (χ2n) is 5.74. The van der Waals surface area contributed by atoms with Crippen LogP contribution in [0.2, 0.25) is 0 Å². The monoisotopic (exact) mass is 345 g/mol. The van der Waals surface area contributed by atoms with Gasteiger partial charge in [0.05, 0.1) is 19.9 Å². The smallest absolute Gasteiger partial charge is 0.490 e. The van der Waals surface area contributed by atoms with Crippen molar-refractivity contribution in [2.45, 2.75) is 32.0 Å². The zero-order chi connectivity index (χ0) is 18.1. The van der Waals surface area contributed by atoms with Gasteiger partial charge >= 0.3 is 12.1 Å². The molecular weight excluding hydrogens is 327 g/mol. The van der Waals surface area contributed by atoms with Crippen LogP contribution in [-0.2, 0) is 16.0 Å². The molecule has 24 heavy (non-hydrogen) atoms. The molecule has 0 amide bonds. The number of esters is 1. The first kappa shape index (κ1) is 18.1. The number of ether oxygens (including phenoxy) is 3. The van der Waals surface area contributed by atoms with Crippen LogP contribution in [0.1, 0.15) is 25.0 Å². The van der Waals surface area contributed by atoms with Crippen molar-refractivity contribution in [2.75, 3.05) is 20.8 Å². The van der Waals surface area contributed by atoms with Gasteiger partial charge in [0.15, 0.2) is 11.5 Å². The van der Waals surface area contributed by atoms with Crippen molar-refractivity contribution in [2.24, 2.45) is 4.99 Å². The molecule has 0 N–H and O–H groups in total. The van der Waals surface area contributed by atoms with Gasteiger partial charge < -0.3 is 14.2 Å². The van der Waals surface area contributed by atoms with E-state index >= 15 is 0 Å². The zero-order valence-electron chi connectivity index (χ0n) is 13.8. The van der Waals surface area contributed by atoms with Crippen LogP contribution in [-0.4, -0.2) is 44.2 Å². The van der Waals surface area contributed by atoms with Gasteiger partial charge in [-0.05, 0) is 38.0 Å². The number of aliphatic imine (C=N–C) groups is 1. The first-order valence-electron chi connectivity index (χ1n) is 7.20. The molecule has 1 aromatic carbocycles. The number of halogens is 3. The van der Waals surface area contributed by atoms with Crippen LogP contribution in [0.4, 0.5) is 13.2 Å². The number of methoxy groups -OCH3 is 2. The van der Waals surface area contributed by atoms with Crippen LogP contribution in [0, 0.1) is 0 Å². The number of hydrogen-bond donors (Lipinski definition) is 0. The summed E-state index contributed by atoms with van der Waals surface area (Å²) >= 11 is 0. The Balaban J connectivity index is 2.43. The highest BCUT2D eigenvalue weighted by molar-refractivity contribution is 6.09. The molecule has 8 heteroatoms. The molecule has 132 valence electrons. The summed E-state index contributed by atoms with van der Waals surface area (Å²) in [6.45, 7) is 3.13. The molecule has 0 spiro atoms. The third-order valence-corrected chi connectivity index (χ3v) is 3.67. The van der Waals surface area contributed by atoms with Crippen molar-refractivity contribution < 1.29 is 32.2 Å². The summed E-state index contributed by atoms with van der Waals surface area (Å²) in [5.74, 6) is -1.31. The molecule has 0 unspecified atom stereocenters. The average Bonchev–Trinajstić information content (AvgIpc) is 2.51. The maximum atomic E-state index is 12.5. The summed E-state index contributed by atoms with van der Waals surface area (Å²) in [6, 6.07) is 3.39. The molecule has 1 aliphatic heterocycles. The quantitative estimate of drug-likeness (QED) is 0.788. The Kier molecular flexibility index (Phi) is 4.77. The van der Waals surface area contributed by atoms with Crippen LogP contribution >= 0.6 is 0 Å². The number of benzene rings is 1. The van der Waals surface area contributed by atoms with Crippen LogP contribution in [0.3, 0.4) is 0 Å². The van der Waals surface area contributed by atoms with Crippen LogP contribution < -0.4 is 9.47 Å². The molecule has 0 bridgehead atoms. The lowest BCUT2D eigenvalue weighted by Gasteiger charge is -2.31. The first-order chi connectivity index (χ1) is 11.1. The lowest BCUT2D eigenvalue weighted by molar-refractivity contribution is -0.206. The number of nitrogens with zero attached hydrogens (tertiary/aromatic N) is 1. The van der Waals surface area contributed by atoms with Crippen molar-refractivity contribution in [1.82, 2.24) is 0 Å². The largest absolute Gasteiger partial charge is 0.493 e. The first-order valence-corrected chi connectivity index (χ1v) is 7.20. The van der Waals surface area contributed by atoms with Gasteiger partial charge in [-0.15, -0.1) is 0 Å². The number of fused-ring (bicyclic) bond motifs is 1. The maximum Gasteiger partial charge on any atom is 0.490 e. The number of carbonyl (C=O) groups excluding carboxylic acids is 1. The molecule has 0 saturated carbocycles. The Bertz CT molecular complexity index is 681. The SMILES string of the molecule is COc1cc2c(cc1OC)C(C(C)(C)OC(=O)C(F)(F)F)=NCC2. The lowest BCUT2D eigenvalue weighted by Crippen LogP contribution is -2.43. The highest BCUT2D eigenvalue weighted by atomic mass is 19.4. The molecule has 0 aliphatic carbocycles. The Hall–Kier alpha value is -2.25. The average molecular weight is 345 g/mol. The van der Waals surface area contributed by atoms with Gasteiger partial charge in [0.1, 0.15) is 5.60 Å². The number of rotatable bonds is 4. The Morgan fingerprint density at radius 1 is 1.12 bits per heavy atom. The third-order valence-electron chi connectivity index (χ3n) is 3.67. The molecule has 0 aromatic heterocycles. The van der Waals surface area contributed by atoms with E-state index in [0.717, 1.165) is 5.56 Å². The molecule has 1 aromatic rings. The summed E-state index contributed by atoms with van der Waals surface area (Å²) in [5.41, 5.74) is 0.149. The molecular formula is C16H18F3NO4. The van der Waals surface area contributed by atoms with E-state index < -0.39 is 17.7 Å². The van der Waals surface area contributed by atoms with Gasteiger partial charge in [-0.1, -0.05) is 0 Å². The molecule has 1 heterocycles. The highest BCUT2D eigenvalue weighted by Gasteiger charge is 2.45. The Labute approximate surface area is 137 Å². The van der Waals surface area contributed by atoms with Gasteiger partial charge in [0.2, 0.25) is 0 Å². The second kappa shape index (κ2) is 6.33. The fourth-order valence-electron chi connectivity index (χ4n) is 2.57. The fraction of sp³-hybridized carbons (Fsp3) is 0.500. The Morgan fingerprint density at radius 2 is 1.71 bits per heavy atom. The van der Waals surface area contributed by atoms with Crippen molar-refractivity contribution in [3.8, 4) is 11.5 Å². The summed E-state index contributed by atoms with van der Waals surface area (Å²) in [7, 11) is 2.95. The lowest BCUT2D eigenvalue weighted by atomic mass is 9.88. The maximum absolute atomic E-state index is 12.5. The topological polar surface area (TPSA) is 57.1 Å². The van der Waals surface area contributed by atoms with Crippen LogP contribution in [0.25, 0.3) is 0 Å².